The van der Waals surface area contributed by atoms with Crippen LogP contribution >= 0.6 is 0 Å². The summed E-state index contributed by atoms with van der Waals surface area (Å²) in [6, 6.07) is 7.62. The summed E-state index contributed by atoms with van der Waals surface area (Å²) in [7, 11) is 1.63. The topological polar surface area (TPSA) is 29.5 Å². The number of rotatable bonds is 5. The molecule has 0 fully saturated rings. The summed E-state index contributed by atoms with van der Waals surface area (Å²) in [6.07, 6.45) is 3.41. The van der Waals surface area contributed by atoms with Crippen molar-refractivity contribution in [3.05, 3.63) is 35.9 Å². The van der Waals surface area contributed by atoms with Gasteiger partial charge in [0.1, 0.15) is 5.75 Å². The summed E-state index contributed by atoms with van der Waals surface area (Å²) in [6.45, 7) is 5.41. The molecular weight excluding hydrogens is 214 g/mol. The minimum Gasteiger partial charge on any atom is -0.497 e. The van der Waals surface area contributed by atoms with Gasteiger partial charge in [-0.3, -0.25) is 4.79 Å². The maximum Gasteiger partial charge on any atom is 0.246 e. The molecule has 3 nitrogen and oxygen atoms in total. The van der Waals surface area contributed by atoms with Crippen LogP contribution in [0.1, 0.15) is 19.4 Å². The van der Waals surface area contributed by atoms with Gasteiger partial charge in [-0.25, -0.2) is 0 Å². The molecule has 1 aromatic rings. The van der Waals surface area contributed by atoms with Crippen molar-refractivity contribution in [2.24, 2.45) is 0 Å². The van der Waals surface area contributed by atoms with E-state index >= 15 is 0 Å². The maximum atomic E-state index is 11.7. The number of hydrogen-bond acceptors (Lipinski definition) is 2. The lowest BCUT2D eigenvalue weighted by Gasteiger charge is -2.15. The number of likely N-dealkylation sites (N-methyl/N-ethyl adjacent to an activating group) is 1. The van der Waals surface area contributed by atoms with Crippen molar-refractivity contribution in [1.82, 2.24) is 4.90 Å². The van der Waals surface area contributed by atoms with E-state index in [0.29, 0.717) is 0 Å². The first-order valence-corrected chi connectivity index (χ1v) is 5.82. The standard InChI is InChI=1S/C14H19NO2/c1-4-15(5-2)14(16)10-9-12-7-6-8-13(11-12)17-3/h6-11H,4-5H2,1-3H3/b10-9-. The molecule has 0 saturated heterocycles. The number of carbonyl (C=O) groups is 1. The molecule has 1 aromatic carbocycles. The predicted molar refractivity (Wildman–Crippen MR) is 70.0 cm³/mol. The second-order valence-electron chi connectivity index (χ2n) is 3.62. The summed E-state index contributed by atoms with van der Waals surface area (Å²) >= 11 is 0. The Morgan fingerprint density at radius 2 is 2.06 bits per heavy atom. The SMILES string of the molecule is CCN(CC)C(=O)/C=C\c1cccc(OC)c1. The van der Waals surface area contributed by atoms with Gasteiger partial charge < -0.3 is 9.64 Å². The van der Waals surface area contributed by atoms with Gasteiger partial charge in [-0.2, -0.15) is 0 Å². The third-order valence-electron chi connectivity index (χ3n) is 2.59. The van der Waals surface area contributed by atoms with Crippen LogP contribution in [0.4, 0.5) is 0 Å². The normalized spacial score (nSPS) is 10.5. The van der Waals surface area contributed by atoms with Gasteiger partial charge in [-0.15, -0.1) is 0 Å². The van der Waals surface area contributed by atoms with E-state index in [1.165, 1.54) is 0 Å². The fraction of sp³-hybridized carbons (Fsp3) is 0.357. The zero-order valence-electron chi connectivity index (χ0n) is 10.6. The van der Waals surface area contributed by atoms with Gasteiger partial charge in [-0.1, -0.05) is 12.1 Å². The number of amides is 1. The third-order valence-corrected chi connectivity index (χ3v) is 2.59. The molecule has 17 heavy (non-hydrogen) atoms. The third kappa shape index (κ3) is 3.94. The zero-order valence-corrected chi connectivity index (χ0v) is 10.6. The molecule has 0 spiro atoms. The lowest BCUT2D eigenvalue weighted by atomic mass is 10.2. The quantitative estimate of drug-likeness (QED) is 0.731. The van der Waals surface area contributed by atoms with Crippen molar-refractivity contribution in [3.8, 4) is 5.75 Å². The molecule has 0 bridgehead atoms. The van der Waals surface area contributed by atoms with Crippen molar-refractivity contribution in [2.45, 2.75) is 13.8 Å². The molecule has 0 aliphatic heterocycles. The largest absolute Gasteiger partial charge is 0.497 e. The summed E-state index contributed by atoms with van der Waals surface area (Å²) in [5, 5.41) is 0. The summed E-state index contributed by atoms with van der Waals surface area (Å²) in [5.41, 5.74) is 0.963. The van der Waals surface area contributed by atoms with E-state index in [2.05, 4.69) is 0 Å². The molecule has 0 aromatic heterocycles. The molecule has 1 amide bonds. The molecule has 0 aliphatic rings. The van der Waals surface area contributed by atoms with E-state index in [4.69, 9.17) is 4.74 Å². The van der Waals surface area contributed by atoms with Gasteiger partial charge in [0.25, 0.3) is 0 Å². The van der Waals surface area contributed by atoms with Crippen LogP contribution in [-0.4, -0.2) is 31.0 Å². The lowest BCUT2D eigenvalue weighted by molar-refractivity contribution is -0.125. The average molecular weight is 233 g/mol. The molecule has 0 atom stereocenters. The van der Waals surface area contributed by atoms with Gasteiger partial charge in [0, 0.05) is 19.2 Å². The summed E-state index contributed by atoms with van der Waals surface area (Å²) in [5.74, 6) is 0.834. The van der Waals surface area contributed by atoms with E-state index in [9.17, 15) is 4.79 Å². The van der Waals surface area contributed by atoms with Gasteiger partial charge in [0.2, 0.25) is 5.91 Å². The molecule has 1 rings (SSSR count). The summed E-state index contributed by atoms with van der Waals surface area (Å²) in [4.78, 5) is 13.5. The Bertz CT molecular complexity index is 395. The molecule has 0 aliphatic carbocycles. The summed E-state index contributed by atoms with van der Waals surface area (Å²) < 4.78 is 5.12. The highest BCUT2D eigenvalue weighted by Gasteiger charge is 2.04. The Labute approximate surface area is 103 Å². The van der Waals surface area contributed by atoms with E-state index < -0.39 is 0 Å². The monoisotopic (exact) mass is 233 g/mol. The van der Waals surface area contributed by atoms with Crippen LogP contribution in [-0.2, 0) is 4.79 Å². The number of ether oxygens (including phenoxy) is 1. The number of hydrogen-bond donors (Lipinski definition) is 0. The predicted octanol–water partition coefficient (Wildman–Crippen LogP) is 2.58. The smallest absolute Gasteiger partial charge is 0.246 e. The van der Waals surface area contributed by atoms with Crippen molar-refractivity contribution >= 4 is 12.0 Å². The molecule has 0 unspecified atom stereocenters. The first-order chi connectivity index (χ1) is 8.21. The average Bonchev–Trinajstić information content (AvgIpc) is 2.38. The minimum absolute atomic E-state index is 0.0396. The van der Waals surface area contributed by atoms with Gasteiger partial charge in [0.05, 0.1) is 7.11 Å². The molecule has 0 heterocycles. The Kier molecular flexibility index (Phi) is 5.27. The Balaban J connectivity index is 2.72. The molecule has 0 saturated carbocycles. The molecule has 0 radical (unpaired) electrons. The van der Waals surface area contributed by atoms with Crippen LogP contribution in [0.2, 0.25) is 0 Å². The molecule has 92 valence electrons. The molecule has 0 N–H and O–H groups in total. The lowest BCUT2D eigenvalue weighted by Crippen LogP contribution is -2.28. The fourth-order valence-corrected chi connectivity index (χ4v) is 1.55. The number of carbonyl (C=O) groups excluding carboxylic acids is 1. The maximum absolute atomic E-state index is 11.7. The van der Waals surface area contributed by atoms with Crippen molar-refractivity contribution in [1.29, 1.82) is 0 Å². The second kappa shape index (κ2) is 6.74. The van der Waals surface area contributed by atoms with Gasteiger partial charge in [0.15, 0.2) is 0 Å². The first-order valence-electron chi connectivity index (χ1n) is 5.82. The number of methoxy groups -OCH3 is 1. The van der Waals surface area contributed by atoms with E-state index in [0.717, 1.165) is 24.4 Å². The Hall–Kier alpha value is -1.77. The fourth-order valence-electron chi connectivity index (χ4n) is 1.55. The van der Waals surface area contributed by atoms with Gasteiger partial charge >= 0.3 is 0 Å². The van der Waals surface area contributed by atoms with Crippen LogP contribution in [0.15, 0.2) is 30.3 Å². The van der Waals surface area contributed by atoms with Gasteiger partial charge in [-0.05, 0) is 37.6 Å². The Morgan fingerprint density at radius 3 is 2.65 bits per heavy atom. The number of nitrogens with zero attached hydrogens (tertiary/aromatic N) is 1. The molecular formula is C14H19NO2. The van der Waals surface area contributed by atoms with Crippen molar-refractivity contribution in [3.63, 3.8) is 0 Å². The number of benzene rings is 1. The van der Waals surface area contributed by atoms with Crippen LogP contribution in [0.5, 0.6) is 5.75 Å². The second-order valence-corrected chi connectivity index (χ2v) is 3.62. The van der Waals surface area contributed by atoms with E-state index in [1.54, 1.807) is 18.1 Å². The minimum atomic E-state index is 0.0396. The highest BCUT2D eigenvalue weighted by Crippen LogP contribution is 2.13. The zero-order chi connectivity index (χ0) is 12.7. The first kappa shape index (κ1) is 13.3. The van der Waals surface area contributed by atoms with Crippen LogP contribution in [0, 0.1) is 0 Å². The van der Waals surface area contributed by atoms with Crippen molar-refractivity contribution in [2.75, 3.05) is 20.2 Å². The van der Waals surface area contributed by atoms with Crippen LogP contribution in [0.25, 0.3) is 6.08 Å². The Morgan fingerprint density at radius 1 is 1.35 bits per heavy atom. The van der Waals surface area contributed by atoms with Crippen LogP contribution < -0.4 is 4.74 Å². The highest BCUT2D eigenvalue weighted by atomic mass is 16.5. The highest BCUT2D eigenvalue weighted by molar-refractivity contribution is 5.91. The molecule has 3 heteroatoms. The van der Waals surface area contributed by atoms with Crippen molar-refractivity contribution < 1.29 is 9.53 Å². The van der Waals surface area contributed by atoms with Crippen LogP contribution in [0.3, 0.4) is 0 Å². The van der Waals surface area contributed by atoms with E-state index in [1.807, 2.05) is 44.2 Å². The van der Waals surface area contributed by atoms with E-state index in [-0.39, 0.29) is 5.91 Å².